The highest BCUT2D eigenvalue weighted by Crippen LogP contribution is 2.22. The summed E-state index contributed by atoms with van der Waals surface area (Å²) >= 11 is 0. The van der Waals surface area contributed by atoms with E-state index in [1.807, 2.05) is 0 Å². The molecule has 0 aromatic heterocycles. The molecule has 0 saturated carbocycles. The quantitative estimate of drug-likeness (QED) is 0.699. The van der Waals surface area contributed by atoms with Crippen molar-refractivity contribution in [2.75, 3.05) is 39.9 Å². The van der Waals surface area contributed by atoms with Gasteiger partial charge in [-0.2, -0.15) is 0 Å². The molecule has 0 N–H and O–H groups in total. The molecule has 0 aliphatic carbocycles. The van der Waals surface area contributed by atoms with Crippen LogP contribution in [-0.4, -0.2) is 61.8 Å². The van der Waals surface area contributed by atoms with Gasteiger partial charge in [0.15, 0.2) is 0 Å². The van der Waals surface area contributed by atoms with E-state index in [0.717, 1.165) is 12.6 Å². The minimum atomic E-state index is 0.579. The van der Waals surface area contributed by atoms with Crippen molar-refractivity contribution < 1.29 is 4.74 Å². The van der Waals surface area contributed by atoms with E-state index in [9.17, 15) is 0 Å². The Morgan fingerprint density at radius 2 is 2.07 bits per heavy atom. The van der Waals surface area contributed by atoms with Crippen molar-refractivity contribution in [3.05, 3.63) is 0 Å². The Labute approximate surface area is 93.4 Å². The van der Waals surface area contributed by atoms with Crippen molar-refractivity contribution in [3.63, 3.8) is 0 Å². The average Bonchev–Trinajstić information content (AvgIpc) is 2.56. The fraction of sp³-hybridized carbons (Fsp3) is 1.00. The summed E-state index contributed by atoms with van der Waals surface area (Å²) in [5, 5.41) is 0. The minimum Gasteiger partial charge on any atom is -0.383 e. The van der Waals surface area contributed by atoms with Crippen LogP contribution in [0, 0.1) is 0 Å². The molecule has 3 nitrogen and oxygen atoms in total. The molecule has 2 heterocycles. The topological polar surface area (TPSA) is 15.7 Å². The van der Waals surface area contributed by atoms with Crippen LogP contribution in [0.4, 0.5) is 0 Å². The lowest BCUT2D eigenvalue weighted by atomic mass is 10.2. The standard InChI is InChI=1S/C12H24N2O/c1-11(10-15-2)14-8-4-7-13-6-3-5-12(13)9-14/h11-12H,3-10H2,1-2H3. The van der Waals surface area contributed by atoms with E-state index in [0.29, 0.717) is 6.04 Å². The number of hydrogen-bond acceptors (Lipinski definition) is 3. The molecular weight excluding hydrogens is 188 g/mol. The van der Waals surface area contributed by atoms with Gasteiger partial charge in [0.05, 0.1) is 6.61 Å². The number of fused-ring (bicyclic) bond motifs is 1. The van der Waals surface area contributed by atoms with Crippen LogP contribution < -0.4 is 0 Å². The molecular formula is C12H24N2O. The van der Waals surface area contributed by atoms with Gasteiger partial charge in [0.1, 0.15) is 0 Å². The van der Waals surface area contributed by atoms with Crippen LogP contribution in [0.3, 0.4) is 0 Å². The van der Waals surface area contributed by atoms with E-state index in [1.54, 1.807) is 7.11 Å². The van der Waals surface area contributed by atoms with Gasteiger partial charge < -0.3 is 4.74 Å². The highest BCUT2D eigenvalue weighted by molar-refractivity contribution is 4.86. The first kappa shape index (κ1) is 11.4. The number of hydrogen-bond donors (Lipinski definition) is 0. The van der Waals surface area contributed by atoms with Gasteiger partial charge >= 0.3 is 0 Å². The summed E-state index contributed by atoms with van der Waals surface area (Å²) in [6.45, 7) is 8.29. The second kappa shape index (κ2) is 5.28. The number of ether oxygens (including phenoxy) is 1. The Balaban J connectivity index is 1.90. The molecule has 0 aromatic rings. The smallest absolute Gasteiger partial charge is 0.0615 e. The average molecular weight is 212 g/mol. The molecule has 15 heavy (non-hydrogen) atoms. The van der Waals surface area contributed by atoms with Crippen LogP contribution in [0.2, 0.25) is 0 Å². The molecule has 2 aliphatic heterocycles. The third-order valence-electron chi connectivity index (χ3n) is 3.87. The highest BCUT2D eigenvalue weighted by atomic mass is 16.5. The first-order valence-corrected chi connectivity index (χ1v) is 6.28. The van der Waals surface area contributed by atoms with Crippen LogP contribution in [-0.2, 0) is 4.74 Å². The van der Waals surface area contributed by atoms with Gasteiger partial charge in [-0.3, -0.25) is 9.80 Å². The van der Waals surface area contributed by atoms with Crippen molar-refractivity contribution >= 4 is 0 Å². The summed E-state index contributed by atoms with van der Waals surface area (Å²) < 4.78 is 5.25. The molecule has 2 saturated heterocycles. The zero-order valence-corrected chi connectivity index (χ0v) is 10.1. The maximum absolute atomic E-state index is 5.25. The second-order valence-electron chi connectivity index (χ2n) is 4.98. The predicted octanol–water partition coefficient (Wildman–Crippen LogP) is 1.19. The molecule has 2 fully saturated rings. The van der Waals surface area contributed by atoms with E-state index >= 15 is 0 Å². The molecule has 0 amide bonds. The number of nitrogens with zero attached hydrogens (tertiary/aromatic N) is 2. The number of methoxy groups -OCH3 is 1. The molecule has 0 spiro atoms. The molecule has 3 heteroatoms. The number of rotatable bonds is 3. The Kier molecular flexibility index (Phi) is 4.00. The Morgan fingerprint density at radius 1 is 1.27 bits per heavy atom. The van der Waals surface area contributed by atoms with Gasteiger partial charge in [0.2, 0.25) is 0 Å². The predicted molar refractivity (Wildman–Crippen MR) is 62.1 cm³/mol. The second-order valence-corrected chi connectivity index (χ2v) is 4.98. The molecule has 0 radical (unpaired) electrons. The molecule has 0 bridgehead atoms. The van der Waals surface area contributed by atoms with Crippen molar-refractivity contribution in [3.8, 4) is 0 Å². The van der Waals surface area contributed by atoms with Crippen LogP contribution >= 0.6 is 0 Å². The zero-order valence-electron chi connectivity index (χ0n) is 10.1. The van der Waals surface area contributed by atoms with Gasteiger partial charge in [-0.05, 0) is 45.8 Å². The minimum absolute atomic E-state index is 0.579. The molecule has 0 aromatic carbocycles. The molecule has 88 valence electrons. The summed E-state index contributed by atoms with van der Waals surface area (Å²) in [5.74, 6) is 0. The maximum atomic E-state index is 5.25. The lowest BCUT2D eigenvalue weighted by Crippen LogP contribution is -2.42. The third-order valence-corrected chi connectivity index (χ3v) is 3.87. The summed E-state index contributed by atoms with van der Waals surface area (Å²) in [6, 6.07) is 1.40. The van der Waals surface area contributed by atoms with Crippen LogP contribution in [0.25, 0.3) is 0 Å². The molecule has 2 rings (SSSR count). The Morgan fingerprint density at radius 3 is 2.87 bits per heavy atom. The lowest BCUT2D eigenvalue weighted by Gasteiger charge is -2.30. The molecule has 2 unspecified atom stereocenters. The zero-order chi connectivity index (χ0) is 10.7. The van der Waals surface area contributed by atoms with Crippen LogP contribution in [0.15, 0.2) is 0 Å². The van der Waals surface area contributed by atoms with Crippen LogP contribution in [0.5, 0.6) is 0 Å². The summed E-state index contributed by atoms with van der Waals surface area (Å²) in [7, 11) is 1.80. The van der Waals surface area contributed by atoms with Crippen molar-refractivity contribution in [2.45, 2.75) is 38.3 Å². The van der Waals surface area contributed by atoms with E-state index in [2.05, 4.69) is 16.7 Å². The van der Waals surface area contributed by atoms with Crippen molar-refractivity contribution in [2.24, 2.45) is 0 Å². The van der Waals surface area contributed by atoms with Gasteiger partial charge in [-0.1, -0.05) is 0 Å². The first-order chi connectivity index (χ1) is 7.31. The summed E-state index contributed by atoms with van der Waals surface area (Å²) in [5.41, 5.74) is 0. The Bertz CT molecular complexity index is 198. The normalized spacial score (nSPS) is 31.2. The summed E-state index contributed by atoms with van der Waals surface area (Å²) in [6.07, 6.45) is 4.12. The monoisotopic (exact) mass is 212 g/mol. The fourth-order valence-corrected chi connectivity index (χ4v) is 2.98. The van der Waals surface area contributed by atoms with E-state index < -0.39 is 0 Å². The van der Waals surface area contributed by atoms with Gasteiger partial charge in [0, 0.05) is 25.7 Å². The van der Waals surface area contributed by atoms with Gasteiger partial charge in [-0.15, -0.1) is 0 Å². The molecule has 2 atom stereocenters. The SMILES string of the molecule is COCC(C)N1CCCN2CCCC2C1. The van der Waals surface area contributed by atoms with Crippen LogP contribution in [0.1, 0.15) is 26.2 Å². The maximum Gasteiger partial charge on any atom is 0.0615 e. The first-order valence-electron chi connectivity index (χ1n) is 6.28. The molecule has 2 aliphatic rings. The van der Waals surface area contributed by atoms with E-state index in [-0.39, 0.29) is 0 Å². The van der Waals surface area contributed by atoms with Gasteiger partial charge in [0.25, 0.3) is 0 Å². The lowest BCUT2D eigenvalue weighted by molar-refractivity contribution is 0.0937. The largest absolute Gasteiger partial charge is 0.383 e. The third kappa shape index (κ3) is 2.71. The van der Waals surface area contributed by atoms with Crippen molar-refractivity contribution in [1.29, 1.82) is 0 Å². The Hall–Kier alpha value is -0.120. The summed E-state index contributed by atoms with van der Waals surface area (Å²) in [4.78, 5) is 5.29. The van der Waals surface area contributed by atoms with E-state index in [4.69, 9.17) is 4.74 Å². The van der Waals surface area contributed by atoms with Crippen molar-refractivity contribution in [1.82, 2.24) is 9.80 Å². The van der Waals surface area contributed by atoms with E-state index in [1.165, 1.54) is 45.4 Å². The van der Waals surface area contributed by atoms with Gasteiger partial charge in [-0.25, -0.2) is 0 Å². The fourth-order valence-electron chi connectivity index (χ4n) is 2.98. The highest BCUT2D eigenvalue weighted by Gasteiger charge is 2.30.